The van der Waals surface area contributed by atoms with Gasteiger partial charge in [-0.1, -0.05) is 13.0 Å². The van der Waals surface area contributed by atoms with Crippen LogP contribution in [0.25, 0.3) is 0 Å². The van der Waals surface area contributed by atoms with Gasteiger partial charge in [0.2, 0.25) is 0 Å². The molecular weight excluding hydrogens is 236 g/mol. The summed E-state index contributed by atoms with van der Waals surface area (Å²) in [6, 6.07) is 6.51. The lowest BCUT2D eigenvalue weighted by Gasteiger charge is -2.14. The van der Waals surface area contributed by atoms with Crippen molar-refractivity contribution in [3.63, 3.8) is 0 Å². The predicted octanol–water partition coefficient (Wildman–Crippen LogP) is 3.70. The van der Waals surface area contributed by atoms with Gasteiger partial charge in [-0.05, 0) is 44.9 Å². The first-order valence-corrected chi connectivity index (χ1v) is 6.85. The third kappa shape index (κ3) is 3.24. The van der Waals surface area contributed by atoms with Gasteiger partial charge >= 0.3 is 0 Å². The molecule has 0 aliphatic heterocycles. The fraction of sp³-hybridized carbons (Fsp3) is 0.438. The maximum atomic E-state index is 5.58. The lowest BCUT2D eigenvalue weighted by molar-refractivity contribution is 0.488. The van der Waals surface area contributed by atoms with E-state index in [4.69, 9.17) is 4.42 Å². The summed E-state index contributed by atoms with van der Waals surface area (Å²) in [5, 5.41) is 3.52. The number of aryl methyl sites for hydroxylation is 3. The van der Waals surface area contributed by atoms with Crippen molar-refractivity contribution in [3.05, 3.63) is 52.7 Å². The molecule has 2 aromatic rings. The van der Waals surface area contributed by atoms with Gasteiger partial charge < -0.3 is 9.73 Å². The van der Waals surface area contributed by atoms with Crippen LogP contribution in [0, 0.1) is 13.8 Å². The van der Waals surface area contributed by atoms with Crippen molar-refractivity contribution in [2.45, 2.75) is 46.7 Å². The Bertz CT molecular complexity index is 545. The first-order chi connectivity index (χ1) is 9.11. The molecule has 0 aromatic carbocycles. The van der Waals surface area contributed by atoms with Crippen molar-refractivity contribution < 1.29 is 4.42 Å². The standard InChI is InChI=1S/C16H22N2O/c1-5-14-7-6-8-17-16(14)10-18-12(3)15-9-11(2)19-13(15)4/h6-9,12,18H,5,10H2,1-4H3. The van der Waals surface area contributed by atoms with E-state index in [0.29, 0.717) is 0 Å². The molecule has 0 aliphatic rings. The van der Waals surface area contributed by atoms with Gasteiger partial charge in [-0.25, -0.2) is 0 Å². The second-order valence-corrected chi connectivity index (χ2v) is 4.93. The third-order valence-corrected chi connectivity index (χ3v) is 3.49. The van der Waals surface area contributed by atoms with Gasteiger partial charge in [0.05, 0.1) is 5.69 Å². The molecule has 0 saturated heterocycles. The van der Waals surface area contributed by atoms with Crippen molar-refractivity contribution in [2.75, 3.05) is 0 Å². The van der Waals surface area contributed by atoms with E-state index in [1.165, 1.54) is 11.1 Å². The summed E-state index contributed by atoms with van der Waals surface area (Å²) in [6.45, 7) is 9.10. The summed E-state index contributed by atoms with van der Waals surface area (Å²) < 4.78 is 5.58. The van der Waals surface area contributed by atoms with Gasteiger partial charge in [0, 0.05) is 24.3 Å². The summed E-state index contributed by atoms with van der Waals surface area (Å²) in [4.78, 5) is 4.46. The van der Waals surface area contributed by atoms with Crippen LogP contribution in [0.4, 0.5) is 0 Å². The fourth-order valence-corrected chi connectivity index (χ4v) is 2.39. The molecule has 0 saturated carbocycles. The van der Waals surface area contributed by atoms with Crippen molar-refractivity contribution >= 4 is 0 Å². The Morgan fingerprint density at radius 2 is 2.16 bits per heavy atom. The Kier molecular flexibility index (Phi) is 4.38. The predicted molar refractivity (Wildman–Crippen MR) is 77.1 cm³/mol. The molecule has 0 aliphatic carbocycles. The molecule has 102 valence electrons. The molecule has 3 nitrogen and oxygen atoms in total. The molecule has 1 unspecified atom stereocenters. The van der Waals surface area contributed by atoms with Crippen LogP contribution in [-0.2, 0) is 13.0 Å². The minimum absolute atomic E-state index is 0.268. The molecule has 19 heavy (non-hydrogen) atoms. The van der Waals surface area contributed by atoms with Crippen LogP contribution >= 0.6 is 0 Å². The zero-order valence-electron chi connectivity index (χ0n) is 12.2. The number of pyridine rings is 1. The van der Waals surface area contributed by atoms with E-state index in [-0.39, 0.29) is 6.04 Å². The first kappa shape index (κ1) is 13.8. The summed E-state index contributed by atoms with van der Waals surface area (Å²) >= 11 is 0. The Morgan fingerprint density at radius 3 is 2.79 bits per heavy atom. The fourth-order valence-electron chi connectivity index (χ4n) is 2.39. The smallest absolute Gasteiger partial charge is 0.105 e. The van der Waals surface area contributed by atoms with Gasteiger partial charge in [-0.15, -0.1) is 0 Å². The van der Waals surface area contributed by atoms with Gasteiger partial charge in [0.1, 0.15) is 11.5 Å². The normalized spacial score (nSPS) is 12.6. The first-order valence-electron chi connectivity index (χ1n) is 6.85. The average Bonchev–Trinajstić information content (AvgIpc) is 2.75. The molecule has 3 heteroatoms. The Hall–Kier alpha value is -1.61. The second-order valence-electron chi connectivity index (χ2n) is 4.93. The number of hydrogen-bond donors (Lipinski definition) is 1. The van der Waals surface area contributed by atoms with Crippen LogP contribution in [0.5, 0.6) is 0 Å². The number of nitrogens with one attached hydrogen (secondary N) is 1. The molecular formula is C16H22N2O. The van der Waals surface area contributed by atoms with Crippen molar-refractivity contribution in [1.82, 2.24) is 10.3 Å². The minimum Gasteiger partial charge on any atom is -0.466 e. The summed E-state index contributed by atoms with van der Waals surface area (Å²) in [7, 11) is 0. The highest BCUT2D eigenvalue weighted by molar-refractivity contribution is 5.24. The lowest BCUT2D eigenvalue weighted by Crippen LogP contribution is -2.19. The van der Waals surface area contributed by atoms with Crippen LogP contribution in [0.1, 0.15) is 48.2 Å². The molecule has 0 spiro atoms. The minimum atomic E-state index is 0.268. The monoisotopic (exact) mass is 258 g/mol. The van der Waals surface area contributed by atoms with Crippen molar-refractivity contribution in [3.8, 4) is 0 Å². The van der Waals surface area contributed by atoms with Crippen LogP contribution in [0.2, 0.25) is 0 Å². The van der Waals surface area contributed by atoms with Gasteiger partial charge in [-0.2, -0.15) is 0 Å². The summed E-state index contributed by atoms with van der Waals surface area (Å²) in [5.74, 6) is 1.96. The average molecular weight is 258 g/mol. The van der Waals surface area contributed by atoms with Crippen molar-refractivity contribution in [1.29, 1.82) is 0 Å². The maximum Gasteiger partial charge on any atom is 0.105 e. The summed E-state index contributed by atoms with van der Waals surface area (Å²) in [5.41, 5.74) is 3.67. The van der Waals surface area contributed by atoms with E-state index >= 15 is 0 Å². The molecule has 1 atom stereocenters. The SMILES string of the molecule is CCc1cccnc1CNC(C)c1cc(C)oc1C. The second kappa shape index (κ2) is 6.02. The highest BCUT2D eigenvalue weighted by Crippen LogP contribution is 2.21. The molecule has 0 amide bonds. The van der Waals surface area contributed by atoms with Crippen LogP contribution in [0.3, 0.4) is 0 Å². The maximum absolute atomic E-state index is 5.58. The molecule has 2 rings (SSSR count). The number of furan rings is 1. The van der Waals surface area contributed by atoms with E-state index in [0.717, 1.165) is 30.2 Å². The van der Waals surface area contributed by atoms with Crippen LogP contribution < -0.4 is 5.32 Å². The molecule has 2 aromatic heterocycles. The zero-order valence-corrected chi connectivity index (χ0v) is 12.2. The number of nitrogens with zero attached hydrogens (tertiary/aromatic N) is 1. The lowest BCUT2D eigenvalue weighted by atomic mass is 10.1. The van der Waals surface area contributed by atoms with Crippen LogP contribution in [0.15, 0.2) is 28.8 Å². The van der Waals surface area contributed by atoms with E-state index in [1.807, 2.05) is 26.1 Å². The number of hydrogen-bond acceptors (Lipinski definition) is 3. The highest BCUT2D eigenvalue weighted by atomic mass is 16.3. The molecule has 0 radical (unpaired) electrons. The van der Waals surface area contributed by atoms with Gasteiger partial charge in [-0.3, -0.25) is 4.98 Å². The topological polar surface area (TPSA) is 38.1 Å². The summed E-state index contributed by atoms with van der Waals surface area (Å²) in [6.07, 6.45) is 2.87. The molecule has 1 N–H and O–H groups in total. The van der Waals surface area contributed by atoms with Crippen molar-refractivity contribution in [2.24, 2.45) is 0 Å². The van der Waals surface area contributed by atoms with E-state index in [1.54, 1.807) is 0 Å². The van der Waals surface area contributed by atoms with E-state index in [2.05, 4.69) is 36.3 Å². The molecule has 2 heterocycles. The number of aromatic nitrogens is 1. The largest absolute Gasteiger partial charge is 0.466 e. The number of rotatable bonds is 5. The Balaban J connectivity index is 2.04. The van der Waals surface area contributed by atoms with Gasteiger partial charge in [0.15, 0.2) is 0 Å². The molecule has 0 fully saturated rings. The van der Waals surface area contributed by atoms with E-state index < -0.39 is 0 Å². The zero-order chi connectivity index (χ0) is 13.8. The van der Waals surface area contributed by atoms with E-state index in [9.17, 15) is 0 Å². The third-order valence-electron chi connectivity index (χ3n) is 3.49. The highest BCUT2D eigenvalue weighted by Gasteiger charge is 2.12. The Labute approximate surface area is 115 Å². The van der Waals surface area contributed by atoms with Crippen LogP contribution in [-0.4, -0.2) is 4.98 Å². The molecule has 0 bridgehead atoms. The quantitative estimate of drug-likeness (QED) is 0.888. The van der Waals surface area contributed by atoms with Gasteiger partial charge in [0.25, 0.3) is 0 Å². The Morgan fingerprint density at radius 1 is 1.37 bits per heavy atom.